The van der Waals surface area contributed by atoms with Crippen molar-refractivity contribution in [2.45, 2.75) is 12.5 Å². The van der Waals surface area contributed by atoms with E-state index in [1.807, 2.05) is 25.2 Å². The van der Waals surface area contributed by atoms with Gasteiger partial charge in [-0.3, -0.25) is 4.98 Å². The van der Waals surface area contributed by atoms with Crippen LogP contribution >= 0.6 is 11.6 Å². The van der Waals surface area contributed by atoms with Crippen LogP contribution in [-0.4, -0.2) is 12.0 Å². The minimum Gasteiger partial charge on any atom is -0.311 e. The number of halogens is 2. The standard InChI is InChI=1S/C14H14ClFN2/c1-17-14(13-4-2-3-7-18-13)8-10-5-6-11(16)9-12(10)15/h2-7,9,14,17H,8H2,1H3. The molecule has 1 aromatic carbocycles. The van der Waals surface area contributed by atoms with Crippen LogP contribution in [0, 0.1) is 5.82 Å². The van der Waals surface area contributed by atoms with E-state index in [2.05, 4.69) is 10.3 Å². The first-order valence-corrected chi connectivity index (χ1v) is 6.10. The van der Waals surface area contributed by atoms with E-state index < -0.39 is 0 Å². The van der Waals surface area contributed by atoms with Crippen LogP contribution in [0.2, 0.25) is 5.02 Å². The van der Waals surface area contributed by atoms with E-state index in [0.717, 1.165) is 11.3 Å². The number of likely N-dealkylation sites (N-methyl/N-ethyl adjacent to an activating group) is 1. The third-order valence-electron chi connectivity index (χ3n) is 2.83. The van der Waals surface area contributed by atoms with Crippen molar-refractivity contribution in [2.24, 2.45) is 0 Å². The van der Waals surface area contributed by atoms with Gasteiger partial charge in [-0.05, 0) is 43.3 Å². The molecular weight excluding hydrogens is 251 g/mol. The predicted octanol–water partition coefficient (Wildman–Crippen LogP) is 3.38. The summed E-state index contributed by atoms with van der Waals surface area (Å²) in [4.78, 5) is 4.31. The van der Waals surface area contributed by atoms with Crippen molar-refractivity contribution in [3.05, 3.63) is 64.7 Å². The third-order valence-corrected chi connectivity index (χ3v) is 3.18. The second-order valence-electron chi connectivity index (χ2n) is 4.04. The zero-order valence-corrected chi connectivity index (χ0v) is 10.8. The summed E-state index contributed by atoms with van der Waals surface area (Å²) in [6.45, 7) is 0. The second-order valence-corrected chi connectivity index (χ2v) is 4.44. The number of rotatable bonds is 4. The van der Waals surface area contributed by atoms with E-state index in [0.29, 0.717) is 11.4 Å². The van der Waals surface area contributed by atoms with Gasteiger partial charge in [0.25, 0.3) is 0 Å². The molecule has 0 amide bonds. The van der Waals surface area contributed by atoms with Gasteiger partial charge in [0.1, 0.15) is 5.82 Å². The molecule has 0 spiro atoms. The number of nitrogens with zero attached hydrogens (tertiary/aromatic N) is 1. The van der Waals surface area contributed by atoms with Crippen LogP contribution in [0.4, 0.5) is 4.39 Å². The third kappa shape index (κ3) is 3.06. The second kappa shape index (κ2) is 5.94. The van der Waals surface area contributed by atoms with E-state index in [9.17, 15) is 4.39 Å². The highest BCUT2D eigenvalue weighted by atomic mass is 35.5. The molecule has 2 rings (SSSR count). The van der Waals surface area contributed by atoms with Crippen molar-refractivity contribution in [3.63, 3.8) is 0 Å². The smallest absolute Gasteiger partial charge is 0.124 e. The lowest BCUT2D eigenvalue weighted by molar-refractivity contribution is 0.574. The van der Waals surface area contributed by atoms with E-state index in [4.69, 9.17) is 11.6 Å². The van der Waals surface area contributed by atoms with Crippen molar-refractivity contribution < 1.29 is 4.39 Å². The Hall–Kier alpha value is -1.45. The summed E-state index contributed by atoms with van der Waals surface area (Å²) in [6.07, 6.45) is 2.43. The summed E-state index contributed by atoms with van der Waals surface area (Å²) in [6, 6.07) is 10.3. The van der Waals surface area contributed by atoms with Gasteiger partial charge >= 0.3 is 0 Å². The Labute approximate surface area is 111 Å². The van der Waals surface area contributed by atoms with Crippen molar-refractivity contribution in [3.8, 4) is 0 Å². The summed E-state index contributed by atoms with van der Waals surface area (Å²) < 4.78 is 13.0. The lowest BCUT2D eigenvalue weighted by Gasteiger charge is -2.16. The molecule has 1 heterocycles. The molecule has 18 heavy (non-hydrogen) atoms. The largest absolute Gasteiger partial charge is 0.311 e. The van der Waals surface area contributed by atoms with Gasteiger partial charge in [0.15, 0.2) is 0 Å². The summed E-state index contributed by atoms with van der Waals surface area (Å²) in [5, 5.41) is 3.64. The maximum atomic E-state index is 13.0. The Morgan fingerprint density at radius 1 is 1.33 bits per heavy atom. The van der Waals surface area contributed by atoms with Gasteiger partial charge in [-0.25, -0.2) is 4.39 Å². The average molecular weight is 265 g/mol. The molecule has 4 heteroatoms. The molecule has 0 aliphatic heterocycles. The summed E-state index contributed by atoms with van der Waals surface area (Å²) in [5.74, 6) is -0.317. The van der Waals surface area contributed by atoms with Gasteiger partial charge in [0, 0.05) is 11.2 Å². The lowest BCUT2D eigenvalue weighted by atomic mass is 10.0. The quantitative estimate of drug-likeness (QED) is 0.916. The molecule has 1 aromatic heterocycles. The number of benzene rings is 1. The molecular formula is C14H14ClFN2. The van der Waals surface area contributed by atoms with Crippen LogP contribution in [0.25, 0.3) is 0 Å². The topological polar surface area (TPSA) is 24.9 Å². The molecule has 0 saturated carbocycles. The number of hydrogen-bond donors (Lipinski definition) is 1. The molecule has 0 aliphatic carbocycles. The van der Waals surface area contributed by atoms with Crippen LogP contribution in [0.5, 0.6) is 0 Å². The molecule has 2 nitrogen and oxygen atoms in total. The van der Waals surface area contributed by atoms with Crippen molar-refractivity contribution in [1.82, 2.24) is 10.3 Å². The van der Waals surface area contributed by atoms with Gasteiger partial charge in [0.05, 0.1) is 11.7 Å². The van der Waals surface area contributed by atoms with E-state index in [1.165, 1.54) is 12.1 Å². The first-order chi connectivity index (χ1) is 8.70. The predicted molar refractivity (Wildman–Crippen MR) is 71.2 cm³/mol. The molecule has 0 bridgehead atoms. The molecule has 1 atom stereocenters. The molecule has 1 N–H and O–H groups in total. The van der Waals surface area contributed by atoms with Gasteiger partial charge in [0.2, 0.25) is 0 Å². The van der Waals surface area contributed by atoms with Crippen molar-refractivity contribution in [2.75, 3.05) is 7.05 Å². The number of aromatic nitrogens is 1. The average Bonchev–Trinajstić information content (AvgIpc) is 2.39. The minimum atomic E-state index is -0.317. The van der Waals surface area contributed by atoms with Crippen molar-refractivity contribution >= 4 is 11.6 Å². The first kappa shape index (κ1) is 13.0. The van der Waals surface area contributed by atoms with Crippen LogP contribution < -0.4 is 5.32 Å². The molecule has 0 aliphatic rings. The number of hydrogen-bond acceptors (Lipinski definition) is 2. The van der Waals surface area contributed by atoms with E-state index in [1.54, 1.807) is 12.3 Å². The normalized spacial score (nSPS) is 12.4. The molecule has 0 fully saturated rings. The van der Waals surface area contributed by atoms with Crippen LogP contribution in [-0.2, 0) is 6.42 Å². The monoisotopic (exact) mass is 264 g/mol. The van der Waals surface area contributed by atoms with E-state index in [-0.39, 0.29) is 11.9 Å². The summed E-state index contributed by atoms with van der Waals surface area (Å²) in [7, 11) is 1.87. The fraction of sp³-hybridized carbons (Fsp3) is 0.214. The Kier molecular flexibility index (Phi) is 4.28. The number of nitrogens with one attached hydrogen (secondary N) is 1. The highest BCUT2D eigenvalue weighted by molar-refractivity contribution is 6.31. The zero-order valence-electron chi connectivity index (χ0n) is 10.0. The highest BCUT2D eigenvalue weighted by Crippen LogP contribution is 2.23. The fourth-order valence-corrected chi connectivity index (χ4v) is 2.09. The van der Waals surface area contributed by atoms with Crippen molar-refractivity contribution in [1.29, 1.82) is 0 Å². The molecule has 0 saturated heterocycles. The van der Waals surface area contributed by atoms with Gasteiger partial charge in [-0.2, -0.15) is 0 Å². The zero-order chi connectivity index (χ0) is 13.0. The molecule has 0 radical (unpaired) electrons. The number of pyridine rings is 1. The van der Waals surface area contributed by atoms with Gasteiger partial charge in [-0.1, -0.05) is 23.7 Å². The lowest BCUT2D eigenvalue weighted by Crippen LogP contribution is -2.20. The Morgan fingerprint density at radius 2 is 2.17 bits per heavy atom. The molecule has 94 valence electrons. The summed E-state index contributed by atoms with van der Waals surface area (Å²) >= 11 is 6.03. The minimum absolute atomic E-state index is 0.0640. The molecule has 1 unspecified atom stereocenters. The van der Waals surface area contributed by atoms with Crippen LogP contribution in [0.1, 0.15) is 17.3 Å². The summed E-state index contributed by atoms with van der Waals surface area (Å²) in [5.41, 5.74) is 1.85. The highest BCUT2D eigenvalue weighted by Gasteiger charge is 2.13. The van der Waals surface area contributed by atoms with E-state index >= 15 is 0 Å². The maximum absolute atomic E-state index is 13.0. The van der Waals surface area contributed by atoms with Gasteiger partial charge in [-0.15, -0.1) is 0 Å². The first-order valence-electron chi connectivity index (χ1n) is 5.73. The Morgan fingerprint density at radius 3 is 2.78 bits per heavy atom. The van der Waals surface area contributed by atoms with Gasteiger partial charge < -0.3 is 5.32 Å². The van der Waals surface area contributed by atoms with Crippen LogP contribution in [0.15, 0.2) is 42.6 Å². The maximum Gasteiger partial charge on any atom is 0.124 e. The fourth-order valence-electron chi connectivity index (χ4n) is 1.84. The van der Waals surface area contributed by atoms with Crippen LogP contribution in [0.3, 0.4) is 0 Å². The molecule has 2 aromatic rings. The SMILES string of the molecule is CNC(Cc1ccc(F)cc1Cl)c1ccccn1. The Balaban J connectivity index is 2.21. The Bertz CT molecular complexity index is 516.